The van der Waals surface area contributed by atoms with Crippen LogP contribution in [0.15, 0.2) is 53.5 Å². The number of anilines is 1. The highest BCUT2D eigenvalue weighted by Gasteiger charge is 2.38. The highest BCUT2D eigenvalue weighted by molar-refractivity contribution is 6.30. The molecule has 8 nitrogen and oxygen atoms in total. The van der Waals surface area contributed by atoms with Gasteiger partial charge in [0.25, 0.3) is 5.91 Å². The van der Waals surface area contributed by atoms with E-state index in [1.165, 1.54) is 24.3 Å². The van der Waals surface area contributed by atoms with Crippen LogP contribution in [0, 0.1) is 0 Å². The number of aliphatic imine (C=N–C) groups is 1. The number of likely N-dealkylation sites (tertiary alicyclic amines) is 1. The van der Waals surface area contributed by atoms with Crippen LogP contribution in [-0.2, 0) is 4.79 Å². The number of carbonyl (C=O) groups is 3. The number of benzene rings is 2. The Morgan fingerprint density at radius 2 is 1.66 bits per heavy atom. The highest BCUT2D eigenvalue weighted by atomic mass is 35.5. The summed E-state index contributed by atoms with van der Waals surface area (Å²) in [6.07, 6.45) is -2.67. The summed E-state index contributed by atoms with van der Waals surface area (Å²) in [5.41, 5.74) is 6.41. The molecular formula is C23H23ClF3N5O3. The molecule has 4 N–H and O–H groups in total. The Balaban J connectivity index is 1.60. The average molecular weight is 510 g/mol. The summed E-state index contributed by atoms with van der Waals surface area (Å²) in [6.45, 7) is 0.776. The van der Waals surface area contributed by atoms with Crippen LogP contribution in [-0.4, -0.2) is 53.9 Å². The Bertz CT molecular complexity index is 1100. The number of nitrogens with two attached hydrogens (primary N) is 1. The van der Waals surface area contributed by atoms with Gasteiger partial charge in [-0.05, 0) is 67.8 Å². The zero-order valence-corrected chi connectivity index (χ0v) is 19.2. The lowest BCUT2D eigenvalue weighted by Crippen LogP contribution is -2.50. The molecule has 1 heterocycles. The predicted octanol–water partition coefficient (Wildman–Crippen LogP) is 3.95. The van der Waals surface area contributed by atoms with Crippen LogP contribution in [0.3, 0.4) is 0 Å². The third kappa shape index (κ3) is 7.19. The second kappa shape index (κ2) is 11.2. The van der Waals surface area contributed by atoms with Crippen LogP contribution in [0.2, 0.25) is 5.02 Å². The van der Waals surface area contributed by atoms with Gasteiger partial charge in [0, 0.05) is 34.9 Å². The minimum Gasteiger partial charge on any atom is -0.383 e. The van der Waals surface area contributed by atoms with Crippen molar-refractivity contribution in [3.05, 3.63) is 64.7 Å². The molecule has 12 heteroatoms. The van der Waals surface area contributed by atoms with Gasteiger partial charge >= 0.3 is 18.1 Å². The molecule has 4 amide bonds. The van der Waals surface area contributed by atoms with Crippen LogP contribution in [0.25, 0.3) is 0 Å². The number of alkyl halides is 3. The van der Waals surface area contributed by atoms with Crippen molar-refractivity contribution < 1.29 is 27.6 Å². The number of hydrogen-bond acceptors (Lipinski definition) is 3. The summed E-state index contributed by atoms with van der Waals surface area (Å²) in [7, 11) is 0. The van der Waals surface area contributed by atoms with Crippen molar-refractivity contribution in [2.24, 2.45) is 10.7 Å². The predicted molar refractivity (Wildman–Crippen MR) is 125 cm³/mol. The zero-order chi connectivity index (χ0) is 25.6. The second-order valence-corrected chi connectivity index (χ2v) is 8.30. The first-order chi connectivity index (χ1) is 16.5. The number of halogens is 4. The molecule has 2 aromatic rings. The van der Waals surface area contributed by atoms with E-state index >= 15 is 0 Å². The molecule has 1 fully saturated rings. The first-order valence-corrected chi connectivity index (χ1v) is 11.1. The van der Waals surface area contributed by atoms with E-state index in [2.05, 4.69) is 15.6 Å². The van der Waals surface area contributed by atoms with Gasteiger partial charge in [0.1, 0.15) is 5.84 Å². The Hall–Kier alpha value is -3.60. The smallest absolute Gasteiger partial charge is 0.383 e. The van der Waals surface area contributed by atoms with E-state index in [1.807, 2.05) is 0 Å². The Kier molecular flexibility index (Phi) is 8.34. The number of urea groups is 1. The third-order valence-electron chi connectivity index (χ3n) is 5.39. The fourth-order valence-corrected chi connectivity index (χ4v) is 3.68. The van der Waals surface area contributed by atoms with Crippen molar-refractivity contribution in [1.82, 2.24) is 10.2 Å². The molecule has 186 valence electrons. The maximum absolute atomic E-state index is 12.9. The van der Waals surface area contributed by atoms with E-state index in [0.717, 1.165) is 12.8 Å². The largest absolute Gasteiger partial charge is 0.473 e. The number of amides is 4. The second-order valence-electron chi connectivity index (χ2n) is 7.87. The van der Waals surface area contributed by atoms with Crippen molar-refractivity contribution >= 4 is 41.0 Å². The maximum atomic E-state index is 12.9. The Morgan fingerprint density at radius 1 is 1.03 bits per heavy atom. The molecule has 1 atom stereocenters. The first kappa shape index (κ1) is 26.0. The van der Waals surface area contributed by atoms with Crippen LogP contribution in [0.1, 0.15) is 35.2 Å². The molecule has 2 aromatic carbocycles. The third-order valence-corrected chi connectivity index (χ3v) is 5.64. The first-order valence-electron chi connectivity index (χ1n) is 10.7. The average Bonchev–Trinajstić information content (AvgIpc) is 2.83. The molecule has 0 bridgehead atoms. The lowest BCUT2D eigenvalue weighted by Gasteiger charge is -2.35. The van der Waals surface area contributed by atoms with Gasteiger partial charge in [-0.15, -0.1) is 0 Å². The summed E-state index contributed by atoms with van der Waals surface area (Å²) in [5, 5.41) is 6.10. The highest BCUT2D eigenvalue weighted by Crippen LogP contribution is 2.20. The van der Waals surface area contributed by atoms with E-state index in [-0.39, 0.29) is 30.1 Å². The molecular weight excluding hydrogens is 487 g/mol. The van der Waals surface area contributed by atoms with Crippen molar-refractivity contribution in [3.8, 4) is 0 Å². The Labute approximate surface area is 204 Å². The molecule has 1 unspecified atom stereocenters. The summed E-state index contributed by atoms with van der Waals surface area (Å²) in [5.74, 6) is -3.16. The van der Waals surface area contributed by atoms with Gasteiger partial charge in [0.2, 0.25) is 0 Å². The van der Waals surface area contributed by atoms with Gasteiger partial charge in [-0.25, -0.2) is 4.79 Å². The van der Waals surface area contributed by atoms with Crippen molar-refractivity contribution in [1.29, 1.82) is 0 Å². The number of carbonyl (C=O) groups excluding carboxylic acids is 3. The quantitative estimate of drug-likeness (QED) is 0.418. The SMILES string of the molecule is NC(=NC(=O)C(F)(F)F)c1ccc(NC(=O)N2CCCCC2CNC(=O)c2ccc(Cl)cc2)cc1. The number of rotatable bonds is 5. The molecule has 0 radical (unpaired) electrons. The van der Waals surface area contributed by atoms with Gasteiger partial charge in [0.15, 0.2) is 0 Å². The molecule has 1 aliphatic heterocycles. The molecule has 1 aliphatic rings. The fraction of sp³-hybridized carbons (Fsp3) is 0.304. The number of hydrogen-bond donors (Lipinski definition) is 3. The lowest BCUT2D eigenvalue weighted by molar-refractivity contribution is -0.169. The number of piperidine rings is 1. The van der Waals surface area contributed by atoms with Crippen molar-refractivity contribution in [2.75, 3.05) is 18.4 Å². The summed E-state index contributed by atoms with van der Waals surface area (Å²) < 4.78 is 37.0. The summed E-state index contributed by atoms with van der Waals surface area (Å²) in [6, 6.07) is 11.4. The number of nitrogens with zero attached hydrogens (tertiary/aromatic N) is 2. The van der Waals surface area contributed by atoms with Gasteiger partial charge in [-0.2, -0.15) is 18.2 Å². The van der Waals surface area contributed by atoms with Crippen LogP contribution in [0.4, 0.5) is 23.7 Å². The zero-order valence-electron chi connectivity index (χ0n) is 18.4. The lowest BCUT2D eigenvalue weighted by atomic mass is 10.0. The molecule has 0 saturated carbocycles. The van der Waals surface area contributed by atoms with Crippen LogP contribution >= 0.6 is 11.6 Å². The van der Waals surface area contributed by atoms with E-state index in [1.54, 1.807) is 29.2 Å². The Morgan fingerprint density at radius 3 is 2.29 bits per heavy atom. The normalized spacial score (nSPS) is 16.5. The summed E-state index contributed by atoms with van der Waals surface area (Å²) >= 11 is 5.85. The molecule has 0 aliphatic carbocycles. The topological polar surface area (TPSA) is 117 Å². The molecule has 0 spiro atoms. The van der Waals surface area contributed by atoms with Crippen molar-refractivity contribution in [3.63, 3.8) is 0 Å². The van der Waals surface area contributed by atoms with Crippen LogP contribution in [0.5, 0.6) is 0 Å². The minimum atomic E-state index is -5.11. The monoisotopic (exact) mass is 509 g/mol. The minimum absolute atomic E-state index is 0.0985. The number of nitrogens with one attached hydrogen (secondary N) is 2. The van der Waals surface area contributed by atoms with Gasteiger partial charge in [-0.1, -0.05) is 11.6 Å². The van der Waals surface area contributed by atoms with Gasteiger partial charge in [0.05, 0.1) is 6.04 Å². The van der Waals surface area contributed by atoms with Crippen molar-refractivity contribution in [2.45, 2.75) is 31.5 Å². The number of amidine groups is 1. The maximum Gasteiger partial charge on any atom is 0.473 e. The van der Waals surface area contributed by atoms with E-state index < -0.39 is 17.9 Å². The summed E-state index contributed by atoms with van der Waals surface area (Å²) in [4.78, 5) is 40.7. The van der Waals surface area contributed by atoms with E-state index in [0.29, 0.717) is 29.2 Å². The standard InChI is InChI=1S/C23H23ClF3N5O3/c24-16-8-4-15(5-9-16)20(33)29-13-18-3-1-2-12-32(18)22(35)30-17-10-6-14(7-11-17)19(28)31-21(34)23(25,26)27/h4-11,18H,1-3,12-13H2,(H,29,33)(H,30,35)(H2,28,31,34). The molecule has 0 aromatic heterocycles. The van der Waals surface area contributed by atoms with Crippen LogP contribution < -0.4 is 16.4 Å². The molecule has 3 rings (SSSR count). The molecule has 1 saturated heterocycles. The van der Waals surface area contributed by atoms with Gasteiger partial charge in [-0.3, -0.25) is 9.59 Å². The van der Waals surface area contributed by atoms with Gasteiger partial charge < -0.3 is 21.3 Å². The van der Waals surface area contributed by atoms with E-state index in [4.69, 9.17) is 17.3 Å². The fourth-order valence-electron chi connectivity index (χ4n) is 3.55. The van der Waals surface area contributed by atoms with E-state index in [9.17, 15) is 27.6 Å². The molecule has 35 heavy (non-hydrogen) atoms.